The molecule has 0 atom stereocenters. The summed E-state index contributed by atoms with van der Waals surface area (Å²) in [5.41, 5.74) is 3.96. The molecule has 0 radical (unpaired) electrons. The van der Waals surface area contributed by atoms with Gasteiger partial charge in [0.25, 0.3) is 5.91 Å². The minimum atomic E-state index is -0.196. The van der Waals surface area contributed by atoms with Gasteiger partial charge in [0.05, 0.1) is 36.6 Å². The molecule has 2 aromatic carbocycles. The molecule has 3 aromatic rings. The Morgan fingerprint density at radius 2 is 1.83 bits per heavy atom. The molecule has 7 heteroatoms. The fourth-order valence-electron chi connectivity index (χ4n) is 3.29. The first-order chi connectivity index (χ1) is 14.6. The van der Waals surface area contributed by atoms with Crippen LogP contribution in [0.2, 0.25) is 0 Å². The van der Waals surface area contributed by atoms with Crippen molar-refractivity contribution in [2.45, 2.75) is 13.3 Å². The van der Waals surface area contributed by atoms with Crippen molar-refractivity contribution in [3.63, 3.8) is 0 Å². The van der Waals surface area contributed by atoms with Crippen LogP contribution in [0.1, 0.15) is 21.6 Å². The third-order valence-electron chi connectivity index (χ3n) is 4.92. The molecule has 0 spiro atoms. The first-order valence-electron chi connectivity index (χ1n) is 9.87. The third kappa shape index (κ3) is 4.75. The van der Waals surface area contributed by atoms with Crippen LogP contribution in [0, 0.1) is 6.92 Å². The number of hydrogen-bond donors (Lipinski definition) is 1. The summed E-state index contributed by atoms with van der Waals surface area (Å²) < 4.78 is 5.32. The highest BCUT2D eigenvalue weighted by Gasteiger charge is 2.21. The van der Waals surface area contributed by atoms with Crippen molar-refractivity contribution in [3.8, 4) is 10.6 Å². The Morgan fingerprint density at radius 1 is 1.10 bits per heavy atom. The number of nitrogens with zero attached hydrogens (tertiary/aromatic N) is 2. The molecule has 2 amide bonds. The van der Waals surface area contributed by atoms with Gasteiger partial charge in [0.2, 0.25) is 5.91 Å². The fraction of sp³-hybridized carbons (Fsp3) is 0.261. The summed E-state index contributed by atoms with van der Waals surface area (Å²) in [5, 5.41) is 5.67. The maximum atomic E-state index is 12.9. The number of thiazole rings is 1. The number of aryl methyl sites for hydroxylation is 1. The zero-order chi connectivity index (χ0) is 20.9. The smallest absolute Gasteiger partial charge is 0.256 e. The molecule has 0 aliphatic carbocycles. The maximum absolute atomic E-state index is 12.9. The second kappa shape index (κ2) is 9.19. The largest absolute Gasteiger partial charge is 0.378 e. The molecule has 1 aliphatic heterocycles. The van der Waals surface area contributed by atoms with Gasteiger partial charge in [-0.1, -0.05) is 42.0 Å². The normalized spacial score (nSPS) is 13.8. The van der Waals surface area contributed by atoms with Crippen molar-refractivity contribution in [2.75, 3.05) is 31.6 Å². The number of para-hydroxylation sites is 1. The molecule has 0 unspecified atom stereocenters. The van der Waals surface area contributed by atoms with Crippen LogP contribution in [0.3, 0.4) is 0 Å². The number of aromatic nitrogens is 1. The van der Waals surface area contributed by atoms with Gasteiger partial charge < -0.3 is 15.0 Å². The Hall–Kier alpha value is -3.03. The first kappa shape index (κ1) is 20.3. The van der Waals surface area contributed by atoms with Crippen molar-refractivity contribution in [1.29, 1.82) is 0 Å². The van der Waals surface area contributed by atoms with E-state index in [9.17, 15) is 9.59 Å². The topological polar surface area (TPSA) is 71.5 Å². The van der Waals surface area contributed by atoms with Gasteiger partial charge >= 0.3 is 0 Å². The van der Waals surface area contributed by atoms with Gasteiger partial charge in [-0.05, 0) is 19.1 Å². The quantitative estimate of drug-likeness (QED) is 0.681. The number of anilines is 1. The van der Waals surface area contributed by atoms with E-state index in [1.165, 1.54) is 16.9 Å². The molecule has 1 saturated heterocycles. The lowest BCUT2D eigenvalue weighted by molar-refractivity contribution is -0.115. The predicted octanol–water partition coefficient (Wildman–Crippen LogP) is 3.77. The summed E-state index contributed by atoms with van der Waals surface area (Å²) in [7, 11) is 0. The molecule has 154 valence electrons. The van der Waals surface area contributed by atoms with Crippen molar-refractivity contribution in [2.24, 2.45) is 0 Å². The van der Waals surface area contributed by atoms with Crippen LogP contribution in [0.25, 0.3) is 10.6 Å². The number of nitrogens with one attached hydrogen (secondary N) is 1. The van der Waals surface area contributed by atoms with Gasteiger partial charge in [0.1, 0.15) is 5.01 Å². The van der Waals surface area contributed by atoms with Crippen LogP contribution < -0.4 is 5.32 Å². The van der Waals surface area contributed by atoms with E-state index in [-0.39, 0.29) is 18.2 Å². The predicted molar refractivity (Wildman–Crippen MR) is 118 cm³/mol. The molecular weight excluding hydrogens is 398 g/mol. The van der Waals surface area contributed by atoms with Crippen LogP contribution >= 0.6 is 11.3 Å². The molecule has 0 bridgehead atoms. The Kier molecular flexibility index (Phi) is 6.21. The Morgan fingerprint density at radius 3 is 2.60 bits per heavy atom. The van der Waals surface area contributed by atoms with Gasteiger partial charge in [-0.15, -0.1) is 11.3 Å². The lowest BCUT2D eigenvalue weighted by atomic mass is 10.1. The molecule has 1 fully saturated rings. The number of hydrogen-bond acceptors (Lipinski definition) is 5. The highest BCUT2D eigenvalue weighted by Crippen LogP contribution is 2.25. The Labute approximate surface area is 179 Å². The lowest BCUT2D eigenvalue weighted by Gasteiger charge is -2.27. The fourth-order valence-corrected chi connectivity index (χ4v) is 4.12. The minimum absolute atomic E-state index is 0.0930. The number of rotatable bonds is 5. The van der Waals surface area contributed by atoms with Gasteiger partial charge in [0, 0.05) is 24.0 Å². The van der Waals surface area contributed by atoms with Gasteiger partial charge in [-0.2, -0.15) is 0 Å². The molecule has 30 heavy (non-hydrogen) atoms. The van der Waals surface area contributed by atoms with Gasteiger partial charge in [-0.25, -0.2) is 4.98 Å². The highest BCUT2D eigenvalue weighted by atomic mass is 32.1. The van der Waals surface area contributed by atoms with Crippen LogP contribution in [-0.2, 0) is 16.0 Å². The Bertz CT molecular complexity index is 1040. The lowest BCUT2D eigenvalue weighted by Crippen LogP contribution is -2.41. The van der Waals surface area contributed by atoms with Crippen molar-refractivity contribution in [3.05, 3.63) is 70.7 Å². The van der Waals surface area contributed by atoms with E-state index in [0.717, 1.165) is 10.6 Å². The molecule has 1 aromatic heterocycles. The molecular formula is C23H23N3O3S. The van der Waals surface area contributed by atoms with Crippen LogP contribution in [0.15, 0.2) is 53.9 Å². The SMILES string of the molecule is Cc1ccc(-c2nc(CC(=O)Nc3ccccc3C(=O)N3CCOCC3)cs2)cc1. The highest BCUT2D eigenvalue weighted by molar-refractivity contribution is 7.13. The summed E-state index contributed by atoms with van der Waals surface area (Å²) in [6.07, 6.45) is 0.155. The van der Waals surface area contributed by atoms with E-state index >= 15 is 0 Å². The van der Waals surface area contributed by atoms with Crippen molar-refractivity contribution < 1.29 is 14.3 Å². The summed E-state index contributed by atoms with van der Waals surface area (Å²) >= 11 is 1.52. The van der Waals surface area contributed by atoms with Crippen molar-refractivity contribution >= 4 is 28.8 Å². The second-order valence-corrected chi connectivity index (χ2v) is 8.04. The first-order valence-corrected chi connectivity index (χ1v) is 10.8. The van der Waals surface area contributed by atoms with Crippen LogP contribution in [0.5, 0.6) is 0 Å². The number of ether oxygens (including phenoxy) is 1. The standard InChI is InChI=1S/C23H23N3O3S/c1-16-6-8-17(9-7-16)22-24-18(15-30-22)14-21(27)25-20-5-3-2-4-19(20)23(28)26-10-12-29-13-11-26/h2-9,15H,10-14H2,1H3,(H,25,27). The second-order valence-electron chi connectivity index (χ2n) is 7.19. The average Bonchev–Trinajstić information content (AvgIpc) is 3.23. The molecule has 2 heterocycles. The third-order valence-corrected chi connectivity index (χ3v) is 5.86. The molecule has 6 nitrogen and oxygen atoms in total. The minimum Gasteiger partial charge on any atom is -0.378 e. The van der Waals surface area contributed by atoms with Crippen molar-refractivity contribution in [1.82, 2.24) is 9.88 Å². The number of carbonyl (C=O) groups is 2. The summed E-state index contributed by atoms with van der Waals surface area (Å²) in [5.74, 6) is -0.289. The molecule has 0 saturated carbocycles. The van der Waals surface area contributed by atoms with E-state index in [2.05, 4.69) is 10.3 Å². The maximum Gasteiger partial charge on any atom is 0.256 e. The zero-order valence-corrected chi connectivity index (χ0v) is 17.6. The van der Waals surface area contributed by atoms with E-state index in [0.29, 0.717) is 43.2 Å². The Balaban J connectivity index is 1.43. The molecule has 4 rings (SSSR count). The van der Waals surface area contributed by atoms with Crippen LogP contribution in [-0.4, -0.2) is 48.0 Å². The molecule has 1 N–H and O–H groups in total. The number of benzene rings is 2. The van der Waals surface area contributed by atoms with Crippen LogP contribution in [0.4, 0.5) is 5.69 Å². The zero-order valence-electron chi connectivity index (χ0n) is 16.8. The monoisotopic (exact) mass is 421 g/mol. The van der Waals surface area contributed by atoms with Gasteiger partial charge in [-0.3, -0.25) is 9.59 Å². The summed E-state index contributed by atoms with van der Waals surface area (Å²) in [6, 6.07) is 15.3. The number of carbonyl (C=O) groups excluding carboxylic acids is 2. The van der Waals surface area contributed by atoms with Gasteiger partial charge in [0.15, 0.2) is 0 Å². The van der Waals surface area contributed by atoms with E-state index in [4.69, 9.17) is 4.74 Å². The number of morpholine rings is 1. The number of amides is 2. The summed E-state index contributed by atoms with van der Waals surface area (Å²) in [4.78, 5) is 31.8. The summed E-state index contributed by atoms with van der Waals surface area (Å²) in [6.45, 7) is 4.23. The van der Waals surface area contributed by atoms with E-state index < -0.39 is 0 Å². The average molecular weight is 422 g/mol. The van der Waals surface area contributed by atoms with E-state index in [1.54, 1.807) is 23.1 Å². The van der Waals surface area contributed by atoms with E-state index in [1.807, 2.05) is 42.6 Å². The molecule has 1 aliphatic rings.